The smallest absolute Gasteiger partial charge is 0.416 e. The van der Waals surface area contributed by atoms with E-state index in [9.17, 15) is 22.8 Å². The van der Waals surface area contributed by atoms with E-state index < -0.39 is 23.1 Å². The first kappa shape index (κ1) is 23.6. The number of ether oxygens (including phenoxy) is 1. The molecule has 0 saturated carbocycles. The third kappa shape index (κ3) is 5.34. The Hall–Kier alpha value is -2.55. The second kappa shape index (κ2) is 9.75. The van der Waals surface area contributed by atoms with Gasteiger partial charge in [-0.15, -0.1) is 0 Å². The average molecular weight is 466 g/mol. The molecule has 0 radical (unpaired) electrons. The molecule has 1 atom stereocenters. The molecule has 1 aromatic rings. The second-order valence-corrected chi connectivity index (χ2v) is 9.12. The van der Waals surface area contributed by atoms with Gasteiger partial charge in [0.15, 0.2) is 0 Å². The zero-order valence-electron chi connectivity index (χ0n) is 18.5. The molecule has 4 rings (SSSR count). The molecule has 3 aliphatic rings. The number of hydrogen-bond donors (Lipinski definition) is 2. The molecule has 2 fully saturated rings. The minimum absolute atomic E-state index is 0.0163. The van der Waals surface area contributed by atoms with Crippen LogP contribution in [0.5, 0.6) is 5.75 Å². The molecule has 3 heterocycles. The summed E-state index contributed by atoms with van der Waals surface area (Å²) in [7, 11) is 0. The van der Waals surface area contributed by atoms with Crippen molar-refractivity contribution in [3.8, 4) is 5.75 Å². The highest BCUT2D eigenvalue weighted by molar-refractivity contribution is 5.97. The van der Waals surface area contributed by atoms with E-state index in [4.69, 9.17) is 4.74 Å². The first-order valence-corrected chi connectivity index (χ1v) is 11.6. The maximum Gasteiger partial charge on any atom is 0.416 e. The number of amides is 2. The summed E-state index contributed by atoms with van der Waals surface area (Å²) in [6.07, 6.45) is 3.49. The van der Waals surface area contributed by atoms with E-state index in [0.717, 1.165) is 50.9 Å². The van der Waals surface area contributed by atoms with Crippen molar-refractivity contribution in [3.63, 3.8) is 0 Å². The number of alkyl halides is 3. The van der Waals surface area contributed by atoms with Crippen LogP contribution in [-0.4, -0.2) is 55.5 Å². The third-order valence-electron chi connectivity index (χ3n) is 6.91. The van der Waals surface area contributed by atoms with Crippen LogP contribution < -0.4 is 15.4 Å². The van der Waals surface area contributed by atoms with Gasteiger partial charge in [-0.25, -0.2) is 0 Å². The molecule has 0 unspecified atom stereocenters. The quantitative estimate of drug-likeness (QED) is 0.576. The van der Waals surface area contributed by atoms with Crippen molar-refractivity contribution in [2.24, 2.45) is 5.41 Å². The van der Waals surface area contributed by atoms with Crippen molar-refractivity contribution in [3.05, 3.63) is 41.5 Å². The summed E-state index contributed by atoms with van der Waals surface area (Å²) in [5.74, 6) is -0.360. The Morgan fingerprint density at radius 1 is 1.09 bits per heavy atom. The van der Waals surface area contributed by atoms with Gasteiger partial charge in [-0.1, -0.05) is 12.2 Å². The van der Waals surface area contributed by atoms with Gasteiger partial charge in [-0.2, -0.15) is 13.2 Å². The summed E-state index contributed by atoms with van der Waals surface area (Å²) in [4.78, 5) is 28.2. The number of carbonyl (C=O) groups excluding carboxylic acids is 2. The van der Waals surface area contributed by atoms with Crippen LogP contribution in [0, 0.1) is 5.41 Å². The predicted molar refractivity (Wildman–Crippen MR) is 117 cm³/mol. The molecule has 1 spiro atoms. The van der Waals surface area contributed by atoms with Gasteiger partial charge in [0.2, 0.25) is 5.91 Å². The van der Waals surface area contributed by atoms with E-state index in [-0.39, 0.29) is 36.4 Å². The predicted octanol–water partition coefficient (Wildman–Crippen LogP) is 3.52. The van der Waals surface area contributed by atoms with Gasteiger partial charge < -0.3 is 20.3 Å². The molecule has 33 heavy (non-hydrogen) atoms. The van der Waals surface area contributed by atoms with Gasteiger partial charge in [0.05, 0.1) is 16.5 Å². The van der Waals surface area contributed by atoms with E-state index in [0.29, 0.717) is 19.4 Å². The largest absolute Gasteiger partial charge is 0.489 e. The highest BCUT2D eigenvalue weighted by Crippen LogP contribution is 2.36. The summed E-state index contributed by atoms with van der Waals surface area (Å²) in [6, 6.07) is 2.79. The Balaban J connectivity index is 1.63. The Labute approximate surface area is 191 Å². The number of carbonyl (C=O) groups is 2. The molecule has 6 nitrogen and oxygen atoms in total. The van der Waals surface area contributed by atoms with Crippen LogP contribution in [0.25, 0.3) is 0 Å². The normalized spacial score (nSPS) is 25.3. The number of nitrogens with zero attached hydrogens (tertiary/aromatic N) is 1. The molecule has 2 N–H and O–H groups in total. The van der Waals surface area contributed by atoms with Crippen LogP contribution in [0.15, 0.2) is 30.4 Å². The molecule has 2 amide bonds. The minimum atomic E-state index is -4.56. The Bertz CT molecular complexity index is 910. The number of benzene rings is 1. The summed E-state index contributed by atoms with van der Waals surface area (Å²) < 4.78 is 45.6. The van der Waals surface area contributed by atoms with E-state index in [1.165, 1.54) is 11.0 Å². The van der Waals surface area contributed by atoms with Gasteiger partial charge in [-0.3, -0.25) is 9.59 Å². The topological polar surface area (TPSA) is 70.7 Å². The van der Waals surface area contributed by atoms with Crippen LogP contribution in [0.1, 0.15) is 54.4 Å². The first-order valence-electron chi connectivity index (χ1n) is 11.6. The lowest BCUT2D eigenvalue weighted by Crippen LogP contribution is -2.55. The fraction of sp³-hybridized carbons (Fsp3) is 0.583. The summed E-state index contributed by atoms with van der Waals surface area (Å²) in [6.45, 7) is 2.40. The van der Waals surface area contributed by atoms with E-state index in [1.807, 2.05) is 6.08 Å². The molecule has 1 aromatic carbocycles. The van der Waals surface area contributed by atoms with Gasteiger partial charge in [-0.05, 0) is 69.8 Å². The number of hydrogen-bond acceptors (Lipinski definition) is 4. The molecule has 9 heteroatoms. The lowest BCUT2D eigenvalue weighted by Gasteiger charge is -2.39. The number of nitrogens with one attached hydrogen (secondary N) is 2. The summed E-state index contributed by atoms with van der Waals surface area (Å²) in [5.41, 5.74) is -1.44. The number of piperidine rings is 2. The van der Waals surface area contributed by atoms with Gasteiger partial charge >= 0.3 is 6.18 Å². The second-order valence-electron chi connectivity index (χ2n) is 9.12. The van der Waals surface area contributed by atoms with Gasteiger partial charge in [0.25, 0.3) is 5.91 Å². The molecule has 0 aromatic heterocycles. The molecular weight excluding hydrogens is 435 g/mol. The highest BCUT2D eigenvalue weighted by Gasteiger charge is 2.40. The van der Waals surface area contributed by atoms with Crippen molar-refractivity contribution >= 4 is 11.8 Å². The number of allylic oxidation sites excluding steroid dienone is 1. The molecule has 3 aliphatic heterocycles. The standard InChI is InChI=1S/C24H30F3N3O3/c25-24(26,27)17-6-7-20-19(15-17)21(31)30-13-4-5-18(16-30)29-22(32)23(9-11-28-12-10-23)8-2-1-3-14-33-20/h1,3,6-7,15,18,28H,2,4-5,8-14,16H2,(H,29,32)/b3-1-/t18-/m1/s1. The fourth-order valence-corrected chi connectivity index (χ4v) is 4.97. The van der Waals surface area contributed by atoms with Gasteiger partial charge in [0.1, 0.15) is 12.4 Å². The van der Waals surface area contributed by atoms with Crippen LogP contribution in [-0.2, 0) is 11.0 Å². The molecule has 180 valence electrons. The number of halogens is 3. The Kier molecular flexibility index (Phi) is 6.97. The van der Waals surface area contributed by atoms with E-state index in [1.54, 1.807) is 6.08 Å². The maximum absolute atomic E-state index is 13.3. The molecular formula is C24H30F3N3O3. The Morgan fingerprint density at radius 3 is 2.64 bits per heavy atom. The highest BCUT2D eigenvalue weighted by atomic mass is 19.4. The Morgan fingerprint density at radius 2 is 1.88 bits per heavy atom. The van der Waals surface area contributed by atoms with Crippen molar-refractivity contribution in [2.75, 3.05) is 32.8 Å². The summed E-state index contributed by atoms with van der Waals surface area (Å²) >= 11 is 0. The van der Waals surface area contributed by atoms with Crippen molar-refractivity contribution < 1.29 is 27.5 Å². The average Bonchev–Trinajstić information content (AvgIpc) is 2.80. The SMILES string of the molecule is O=C1c2cc(C(F)(F)F)ccc2OC/C=C\CCC2(CCNCC2)C(=O)N[C@@H]2CCCN1C2. The molecule has 0 aliphatic carbocycles. The van der Waals surface area contributed by atoms with Crippen molar-refractivity contribution in [1.82, 2.24) is 15.5 Å². The zero-order chi connectivity index (χ0) is 23.5. The van der Waals surface area contributed by atoms with Crippen LogP contribution in [0.2, 0.25) is 0 Å². The summed E-state index contributed by atoms with van der Waals surface area (Å²) in [5, 5.41) is 6.48. The first-order chi connectivity index (χ1) is 15.8. The van der Waals surface area contributed by atoms with Crippen LogP contribution in [0.4, 0.5) is 13.2 Å². The molecule has 2 saturated heterocycles. The van der Waals surface area contributed by atoms with E-state index in [2.05, 4.69) is 10.6 Å². The van der Waals surface area contributed by atoms with Crippen LogP contribution >= 0.6 is 0 Å². The van der Waals surface area contributed by atoms with Crippen molar-refractivity contribution in [1.29, 1.82) is 0 Å². The monoisotopic (exact) mass is 465 g/mol. The zero-order valence-corrected chi connectivity index (χ0v) is 18.5. The van der Waals surface area contributed by atoms with Crippen LogP contribution in [0.3, 0.4) is 0 Å². The maximum atomic E-state index is 13.3. The molecule has 2 bridgehead atoms. The fourth-order valence-electron chi connectivity index (χ4n) is 4.97. The van der Waals surface area contributed by atoms with Gasteiger partial charge in [0, 0.05) is 19.1 Å². The minimum Gasteiger partial charge on any atom is -0.489 e. The number of fused-ring (bicyclic) bond motifs is 3. The van der Waals surface area contributed by atoms with Crippen molar-refractivity contribution in [2.45, 2.75) is 50.7 Å². The number of rotatable bonds is 0. The van der Waals surface area contributed by atoms with E-state index >= 15 is 0 Å². The third-order valence-corrected chi connectivity index (χ3v) is 6.91. The lowest BCUT2D eigenvalue weighted by molar-refractivity contribution is -0.137. The lowest BCUT2D eigenvalue weighted by atomic mass is 9.74.